The first-order valence-corrected chi connectivity index (χ1v) is 9.34. The third kappa shape index (κ3) is 5.46. The molecule has 0 unspecified atom stereocenters. The van der Waals surface area contributed by atoms with Gasteiger partial charge in [0.2, 0.25) is 0 Å². The lowest BCUT2D eigenvalue weighted by molar-refractivity contribution is -0.0929. The van der Waals surface area contributed by atoms with Gasteiger partial charge in [0, 0.05) is 18.8 Å². The third-order valence-electron chi connectivity index (χ3n) is 4.66. The summed E-state index contributed by atoms with van der Waals surface area (Å²) in [6.07, 6.45) is 3.32. The predicted molar refractivity (Wildman–Crippen MR) is 101 cm³/mol. The number of unbranched alkanes of at least 4 members (excludes halogenated alkanes) is 1. The molecule has 1 saturated heterocycles. The summed E-state index contributed by atoms with van der Waals surface area (Å²) in [7, 11) is 1.34. The number of nitrogens with zero attached hydrogens (tertiary/aromatic N) is 1. The molecule has 0 aromatic heterocycles. The highest BCUT2D eigenvalue weighted by molar-refractivity contribution is 5.92. The molecule has 0 radical (unpaired) electrons. The number of amides is 2. The van der Waals surface area contributed by atoms with Crippen molar-refractivity contribution in [2.24, 2.45) is 5.92 Å². The maximum atomic E-state index is 12.7. The van der Waals surface area contributed by atoms with Gasteiger partial charge in [-0.1, -0.05) is 33.6 Å². The SMILES string of the molecule is CCCC[C@@H]1CN(C(=O)Nc2ccc(C(=O)OC)cc2)C[C@H](C(C)C)O1. The van der Waals surface area contributed by atoms with Crippen LogP contribution >= 0.6 is 0 Å². The van der Waals surface area contributed by atoms with E-state index in [1.165, 1.54) is 7.11 Å². The van der Waals surface area contributed by atoms with Gasteiger partial charge in [-0.15, -0.1) is 0 Å². The van der Waals surface area contributed by atoms with E-state index in [4.69, 9.17) is 4.74 Å². The lowest BCUT2D eigenvalue weighted by Gasteiger charge is -2.39. The van der Waals surface area contributed by atoms with Crippen LogP contribution in [0.5, 0.6) is 0 Å². The zero-order chi connectivity index (χ0) is 19.1. The molecule has 6 heteroatoms. The van der Waals surface area contributed by atoms with E-state index >= 15 is 0 Å². The van der Waals surface area contributed by atoms with Gasteiger partial charge >= 0.3 is 12.0 Å². The van der Waals surface area contributed by atoms with Crippen LogP contribution in [-0.2, 0) is 9.47 Å². The Kier molecular flexibility index (Phi) is 7.45. The summed E-state index contributed by atoms with van der Waals surface area (Å²) in [5, 5.41) is 2.91. The highest BCUT2D eigenvalue weighted by atomic mass is 16.5. The van der Waals surface area contributed by atoms with Crippen molar-refractivity contribution in [1.29, 1.82) is 0 Å². The zero-order valence-electron chi connectivity index (χ0n) is 16.2. The lowest BCUT2D eigenvalue weighted by Crippen LogP contribution is -2.52. The van der Waals surface area contributed by atoms with Crippen molar-refractivity contribution in [3.05, 3.63) is 29.8 Å². The van der Waals surface area contributed by atoms with E-state index in [0.717, 1.165) is 19.3 Å². The topological polar surface area (TPSA) is 67.9 Å². The lowest BCUT2D eigenvalue weighted by atomic mass is 10.0. The first-order chi connectivity index (χ1) is 12.4. The van der Waals surface area contributed by atoms with E-state index in [1.807, 2.05) is 4.90 Å². The summed E-state index contributed by atoms with van der Waals surface area (Å²) in [6.45, 7) is 7.59. The molecule has 1 N–H and O–H groups in total. The molecule has 0 saturated carbocycles. The molecule has 26 heavy (non-hydrogen) atoms. The first-order valence-electron chi connectivity index (χ1n) is 9.34. The molecule has 1 aliphatic heterocycles. The first kappa shape index (κ1) is 20.2. The highest BCUT2D eigenvalue weighted by Crippen LogP contribution is 2.22. The number of urea groups is 1. The summed E-state index contributed by atoms with van der Waals surface area (Å²) in [6, 6.07) is 6.56. The van der Waals surface area contributed by atoms with E-state index in [0.29, 0.717) is 30.3 Å². The molecule has 2 atom stereocenters. The quantitative estimate of drug-likeness (QED) is 0.779. The minimum Gasteiger partial charge on any atom is -0.465 e. The van der Waals surface area contributed by atoms with Gasteiger partial charge in [0.1, 0.15) is 0 Å². The average Bonchev–Trinajstić information content (AvgIpc) is 2.66. The third-order valence-corrected chi connectivity index (χ3v) is 4.66. The number of anilines is 1. The number of morpholine rings is 1. The molecular weight excluding hydrogens is 332 g/mol. The predicted octanol–water partition coefficient (Wildman–Crippen LogP) is 3.92. The molecule has 0 spiro atoms. The standard InChI is InChI=1S/C20H30N2O4/c1-5-6-7-17-12-22(13-18(26-17)14(2)3)20(24)21-16-10-8-15(9-11-16)19(23)25-4/h8-11,14,17-18H,5-7,12-13H2,1-4H3,(H,21,24)/t17-,18-/m1/s1. The van der Waals surface area contributed by atoms with E-state index in [2.05, 4.69) is 30.8 Å². The van der Waals surface area contributed by atoms with Crippen LogP contribution in [-0.4, -0.2) is 49.3 Å². The summed E-state index contributed by atoms with van der Waals surface area (Å²) >= 11 is 0. The normalized spacial score (nSPS) is 20.1. The van der Waals surface area contributed by atoms with Crippen LogP contribution in [0.3, 0.4) is 0 Å². The van der Waals surface area contributed by atoms with Gasteiger partial charge in [0.15, 0.2) is 0 Å². The van der Waals surface area contributed by atoms with Gasteiger partial charge in [-0.25, -0.2) is 9.59 Å². The Hall–Kier alpha value is -2.08. The van der Waals surface area contributed by atoms with Crippen molar-refractivity contribution < 1.29 is 19.1 Å². The van der Waals surface area contributed by atoms with Crippen molar-refractivity contribution in [3.8, 4) is 0 Å². The number of methoxy groups -OCH3 is 1. The minimum absolute atomic E-state index is 0.0538. The number of benzene rings is 1. The van der Waals surface area contributed by atoms with Crippen LogP contribution in [0.2, 0.25) is 0 Å². The number of carbonyl (C=O) groups is 2. The number of hydrogen-bond acceptors (Lipinski definition) is 4. The maximum Gasteiger partial charge on any atom is 0.337 e. The summed E-state index contributed by atoms with van der Waals surface area (Å²) in [5.41, 5.74) is 1.11. The molecule has 0 bridgehead atoms. The molecule has 2 amide bonds. The molecule has 2 rings (SSSR count). The number of hydrogen-bond donors (Lipinski definition) is 1. The fraction of sp³-hybridized carbons (Fsp3) is 0.600. The van der Waals surface area contributed by atoms with Gasteiger partial charge in [0.25, 0.3) is 0 Å². The molecular formula is C20H30N2O4. The Morgan fingerprint density at radius 3 is 2.54 bits per heavy atom. The fourth-order valence-corrected chi connectivity index (χ4v) is 3.01. The van der Waals surface area contributed by atoms with Crippen LogP contribution in [0.15, 0.2) is 24.3 Å². The Balaban J connectivity index is 2.00. The molecule has 1 aliphatic rings. The Bertz CT molecular complexity index is 600. The zero-order valence-corrected chi connectivity index (χ0v) is 16.2. The fourth-order valence-electron chi connectivity index (χ4n) is 3.01. The van der Waals surface area contributed by atoms with Crippen LogP contribution < -0.4 is 5.32 Å². The van der Waals surface area contributed by atoms with Gasteiger partial charge in [0.05, 0.1) is 24.9 Å². The number of rotatable bonds is 6. The monoisotopic (exact) mass is 362 g/mol. The van der Waals surface area contributed by atoms with Crippen molar-refractivity contribution >= 4 is 17.7 Å². The van der Waals surface area contributed by atoms with Crippen molar-refractivity contribution in [1.82, 2.24) is 4.90 Å². The van der Waals surface area contributed by atoms with Crippen molar-refractivity contribution in [2.75, 3.05) is 25.5 Å². The highest BCUT2D eigenvalue weighted by Gasteiger charge is 2.31. The van der Waals surface area contributed by atoms with E-state index in [-0.39, 0.29) is 18.2 Å². The second kappa shape index (κ2) is 9.57. The number of esters is 1. The molecule has 0 aliphatic carbocycles. The van der Waals surface area contributed by atoms with Crippen LogP contribution in [0.1, 0.15) is 50.4 Å². The molecule has 1 aromatic carbocycles. The summed E-state index contributed by atoms with van der Waals surface area (Å²) in [5.74, 6) is -0.0383. The van der Waals surface area contributed by atoms with Gasteiger partial charge in [-0.05, 0) is 36.6 Å². The molecule has 6 nitrogen and oxygen atoms in total. The summed E-state index contributed by atoms with van der Waals surface area (Å²) in [4.78, 5) is 26.0. The molecule has 144 valence electrons. The number of carbonyl (C=O) groups excluding carboxylic acids is 2. The smallest absolute Gasteiger partial charge is 0.337 e. The maximum absolute atomic E-state index is 12.7. The molecule has 1 fully saturated rings. The van der Waals surface area contributed by atoms with Crippen LogP contribution in [0.4, 0.5) is 10.5 Å². The van der Waals surface area contributed by atoms with Crippen LogP contribution in [0.25, 0.3) is 0 Å². The second-order valence-corrected chi connectivity index (χ2v) is 7.09. The summed E-state index contributed by atoms with van der Waals surface area (Å²) < 4.78 is 10.8. The van der Waals surface area contributed by atoms with Gasteiger partial charge in [-0.2, -0.15) is 0 Å². The average molecular weight is 362 g/mol. The molecule has 1 aromatic rings. The Morgan fingerprint density at radius 1 is 1.27 bits per heavy atom. The van der Waals surface area contributed by atoms with Crippen molar-refractivity contribution in [3.63, 3.8) is 0 Å². The van der Waals surface area contributed by atoms with Crippen LogP contribution in [0, 0.1) is 5.92 Å². The number of nitrogens with one attached hydrogen (secondary N) is 1. The number of ether oxygens (including phenoxy) is 2. The van der Waals surface area contributed by atoms with E-state index in [1.54, 1.807) is 24.3 Å². The Labute approximate surface area is 155 Å². The largest absolute Gasteiger partial charge is 0.465 e. The Morgan fingerprint density at radius 2 is 1.96 bits per heavy atom. The van der Waals surface area contributed by atoms with E-state index in [9.17, 15) is 9.59 Å². The van der Waals surface area contributed by atoms with Gasteiger partial charge in [-0.3, -0.25) is 0 Å². The second-order valence-electron chi connectivity index (χ2n) is 7.09. The van der Waals surface area contributed by atoms with E-state index < -0.39 is 5.97 Å². The van der Waals surface area contributed by atoms with Gasteiger partial charge < -0.3 is 19.7 Å². The minimum atomic E-state index is -0.394. The van der Waals surface area contributed by atoms with Crippen molar-refractivity contribution in [2.45, 2.75) is 52.2 Å². The molecule has 1 heterocycles.